The molecule has 1 saturated carbocycles. The van der Waals surface area contributed by atoms with Crippen LogP contribution in [0.1, 0.15) is 57.6 Å². The summed E-state index contributed by atoms with van der Waals surface area (Å²) in [5.74, 6) is 0. The van der Waals surface area contributed by atoms with Crippen molar-refractivity contribution in [3.05, 3.63) is 29.3 Å². The molecule has 1 aliphatic carbocycles. The summed E-state index contributed by atoms with van der Waals surface area (Å²) >= 11 is 2.09. The number of rotatable bonds is 5. The molecule has 1 N–H and O–H groups in total. The van der Waals surface area contributed by atoms with Crippen molar-refractivity contribution in [3.8, 4) is 0 Å². The van der Waals surface area contributed by atoms with Gasteiger partial charge in [-0.15, -0.1) is 11.8 Å². The first-order valence-electron chi connectivity index (χ1n) is 8.38. The van der Waals surface area contributed by atoms with E-state index in [1.54, 1.807) is 0 Å². The van der Waals surface area contributed by atoms with E-state index in [2.05, 4.69) is 69.9 Å². The van der Waals surface area contributed by atoms with Gasteiger partial charge in [0.25, 0.3) is 0 Å². The molecule has 1 aliphatic rings. The Morgan fingerprint density at radius 2 is 2.00 bits per heavy atom. The third kappa shape index (κ3) is 4.75. The summed E-state index contributed by atoms with van der Waals surface area (Å²) in [4.78, 5) is 1.43. The normalized spacial score (nSPS) is 25.0. The highest BCUT2D eigenvalue weighted by Crippen LogP contribution is 2.42. The lowest BCUT2D eigenvalue weighted by Gasteiger charge is -2.41. The number of aryl methyl sites for hydroxylation is 2. The summed E-state index contributed by atoms with van der Waals surface area (Å²) in [6.07, 6.45) is 5.20. The van der Waals surface area contributed by atoms with Crippen molar-refractivity contribution in [2.24, 2.45) is 5.41 Å². The molecule has 1 nitrogen and oxygen atoms in total. The highest BCUT2D eigenvalue weighted by atomic mass is 32.2. The van der Waals surface area contributed by atoms with E-state index < -0.39 is 0 Å². The van der Waals surface area contributed by atoms with Crippen LogP contribution in [0.15, 0.2) is 23.1 Å². The molecule has 2 unspecified atom stereocenters. The van der Waals surface area contributed by atoms with E-state index in [1.807, 2.05) is 0 Å². The summed E-state index contributed by atoms with van der Waals surface area (Å²) < 4.78 is 0. The zero-order valence-electron chi connectivity index (χ0n) is 14.3. The molecule has 21 heavy (non-hydrogen) atoms. The zero-order valence-corrected chi connectivity index (χ0v) is 15.1. The van der Waals surface area contributed by atoms with Gasteiger partial charge >= 0.3 is 0 Å². The van der Waals surface area contributed by atoms with Crippen LogP contribution in [-0.2, 0) is 0 Å². The van der Waals surface area contributed by atoms with Crippen molar-refractivity contribution in [2.75, 3.05) is 6.54 Å². The van der Waals surface area contributed by atoms with Crippen LogP contribution in [0, 0.1) is 19.3 Å². The molecule has 0 heterocycles. The van der Waals surface area contributed by atoms with Crippen LogP contribution in [0.2, 0.25) is 0 Å². The van der Waals surface area contributed by atoms with Crippen molar-refractivity contribution in [2.45, 2.75) is 76.5 Å². The summed E-state index contributed by atoms with van der Waals surface area (Å²) in [7, 11) is 0. The Hall–Kier alpha value is -0.470. The third-order valence-electron chi connectivity index (χ3n) is 4.76. The average molecular weight is 306 g/mol. The first-order chi connectivity index (χ1) is 9.91. The largest absolute Gasteiger partial charge is 0.313 e. The summed E-state index contributed by atoms with van der Waals surface area (Å²) in [5.41, 5.74) is 3.29. The van der Waals surface area contributed by atoms with Crippen LogP contribution in [0.4, 0.5) is 0 Å². The average Bonchev–Trinajstić information content (AvgIpc) is 2.41. The standard InChI is InChI=1S/C19H31NS/c1-6-11-20-17-9-10-19(4,5)13-18(17)21-16-8-7-14(2)15(3)12-16/h7-8,12,17-18,20H,6,9-11,13H2,1-5H3. The van der Waals surface area contributed by atoms with Crippen LogP contribution < -0.4 is 5.32 Å². The molecule has 0 aliphatic heterocycles. The summed E-state index contributed by atoms with van der Waals surface area (Å²) in [6.45, 7) is 12.7. The Balaban J connectivity index is 2.09. The predicted molar refractivity (Wildman–Crippen MR) is 95.3 cm³/mol. The molecule has 2 rings (SSSR count). The van der Waals surface area contributed by atoms with Crippen LogP contribution in [0.3, 0.4) is 0 Å². The lowest BCUT2D eigenvalue weighted by molar-refractivity contribution is 0.214. The maximum Gasteiger partial charge on any atom is 0.0253 e. The quantitative estimate of drug-likeness (QED) is 0.787. The minimum absolute atomic E-state index is 0.488. The number of thioether (sulfide) groups is 1. The molecule has 0 saturated heterocycles. The molecular weight excluding hydrogens is 274 g/mol. The topological polar surface area (TPSA) is 12.0 Å². The SMILES string of the molecule is CCCNC1CCC(C)(C)CC1Sc1ccc(C)c(C)c1. The second-order valence-corrected chi connectivity index (χ2v) is 8.68. The fourth-order valence-corrected chi connectivity index (χ4v) is 4.84. The number of nitrogens with one attached hydrogen (secondary N) is 1. The molecule has 0 aromatic heterocycles. The molecule has 1 aromatic rings. The molecule has 0 bridgehead atoms. The van der Waals surface area contributed by atoms with Gasteiger partial charge in [0, 0.05) is 16.2 Å². The van der Waals surface area contributed by atoms with Gasteiger partial charge in [-0.25, -0.2) is 0 Å². The first-order valence-corrected chi connectivity index (χ1v) is 9.26. The number of benzene rings is 1. The molecule has 0 amide bonds. The maximum atomic E-state index is 3.78. The van der Waals surface area contributed by atoms with Gasteiger partial charge in [-0.3, -0.25) is 0 Å². The molecule has 1 aromatic carbocycles. The van der Waals surface area contributed by atoms with Crippen molar-refractivity contribution < 1.29 is 0 Å². The van der Waals surface area contributed by atoms with Gasteiger partial charge in [0.2, 0.25) is 0 Å². The molecule has 2 atom stereocenters. The smallest absolute Gasteiger partial charge is 0.0253 e. The van der Waals surface area contributed by atoms with Gasteiger partial charge in [-0.1, -0.05) is 26.8 Å². The molecular formula is C19H31NS. The Kier molecular flexibility index (Phi) is 5.79. The van der Waals surface area contributed by atoms with Gasteiger partial charge in [-0.05, 0) is 74.8 Å². The lowest BCUT2D eigenvalue weighted by atomic mass is 9.75. The van der Waals surface area contributed by atoms with E-state index in [9.17, 15) is 0 Å². The van der Waals surface area contributed by atoms with E-state index in [1.165, 1.54) is 41.7 Å². The van der Waals surface area contributed by atoms with Crippen LogP contribution in [0.25, 0.3) is 0 Å². The van der Waals surface area contributed by atoms with Crippen molar-refractivity contribution >= 4 is 11.8 Å². The van der Waals surface area contributed by atoms with Gasteiger partial charge in [0.1, 0.15) is 0 Å². The second-order valence-electron chi connectivity index (χ2n) is 7.37. The number of hydrogen-bond acceptors (Lipinski definition) is 2. The Bertz CT molecular complexity index is 467. The molecule has 118 valence electrons. The van der Waals surface area contributed by atoms with Crippen LogP contribution in [0.5, 0.6) is 0 Å². The summed E-state index contributed by atoms with van der Waals surface area (Å²) in [6, 6.07) is 7.59. The minimum Gasteiger partial charge on any atom is -0.313 e. The molecule has 0 spiro atoms. The van der Waals surface area contributed by atoms with Gasteiger partial charge in [0.15, 0.2) is 0 Å². The van der Waals surface area contributed by atoms with E-state index >= 15 is 0 Å². The molecule has 2 heteroatoms. The van der Waals surface area contributed by atoms with E-state index in [-0.39, 0.29) is 0 Å². The predicted octanol–water partition coefficient (Wildman–Crippen LogP) is 5.34. The van der Waals surface area contributed by atoms with E-state index in [0.717, 1.165) is 6.54 Å². The summed E-state index contributed by atoms with van der Waals surface area (Å²) in [5, 5.41) is 4.48. The van der Waals surface area contributed by atoms with Crippen molar-refractivity contribution in [3.63, 3.8) is 0 Å². The minimum atomic E-state index is 0.488. The Morgan fingerprint density at radius 3 is 2.67 bits per heavy atom. The maximum absolute atomic E-state index is 3.78. The molecule has 0 radical (unpaired) electrons. The monoisotopic (exact) mass is 305 g/mol. The third-order valence-corrected chi connectivity index (χ3v) is 6.08. The highest BCUT2D eigenvalue weighted by Gasteiger charge is 2.35. The van der Waals surface area contributed by atoms with Gasteiger partial charge in [0.05, 0.1) is 0 Å². The van der Waals surface area contributed by atoms with Gasteiger partial charge < -0.3 is 5.32 Å². The molecule has 1 fully saturated rings. The fourth-order valence-electron chi connectivity index (χ4n) is 3.17. The second kappa shape index (κ2) is 7.19. The van der Waals surface area contributed by atoms with E-state index in [0.29, 0.717) is 16.7 Å². The van der Waals surface area contributed by atoms with Crippen molar-refractivity contribution in [1.29, 1.82) is 0 Å². The van der Waals surface area contributed by atoms with Crippen molar-refractivity contribution in [1.82, 2.24) is 5.32 Å². The van der Waals surface area contributed by atoms with Crippen LogP contribution >= 0.6 is 11.8 Å². The number of hydrogen-bond donors (Lipinski definition) is 1. The zero-order chi connectivity index (χ0) is 15.5. The highest BCUT2D eigenvalue weighted by molar-refractivity contribution is 8.00. The fraction of sp³-hybridized carbons (Fsp3) is 0.684. The van der Waals surface area contributed by atoms with Gasteiger partial charge in [-0.2, -0.15) is 0 Å². The Labute approximate surface area is 135 Å². The lowest BCUT2D eigenvalue weighted by Crippen LogP contribution is -2.45. The first kappa shape index (κ1) is 16.9. The Morgan fingerprint density at radius 1 is 1.24 bits per heavy atom. The van der Waals surface area contributed by atoms with Crippen LogP contribution in [-0.4, -0.2) is 17.8 Å². The van der Waals surface area contributed by atoms with E-state index in [4.69, 9.17) is 0 Å².